The molecule has 0 radical (unpaired) electrons. The summed E-state index contributed by atoms with van der Waals surface area (Å²) >= 11 is 0. The highest BCUT2D eigenvalue weighted by Gasteiger charge is 2.42. The number of aromatic nitrogens is 2. The normalized spacial score (nSPS) is 23.2. The van der Waals surface area contributed by atoms with Gasteiger partial charge in [-0.15, -0.1) is 0 Å². The lowest BCUT2D eigenvalue weighted by Crippen LogP contribution is -2.31. The van der Waals surface area contributed by atoms with Crippen molar-refractivity contribution in [3.63, 3.8) is 0 Å². The quantitative estimate of drug-likeness (QED) is 0.781. The molecule has 0 bridgehead atoms. The Morgan fingerprint density at radius 3 is 3.10 bits per heavy atom. The third-order valence-corrected chi connectivity index (χ3v) is 4.42. The highest BCUT2D eigenvalue weighted by Crippen LogP contribution is 2.48. The van der Waals surface area contributed by atoms with Crippen LogP contribution < -0.4 is 10.6 Å². The number of nitrogens with one attached hydrogen (secondary N) is 2. The second-order valence-electron chi connectivity index (χ2n) is 6.03. The highest BCUT2D eigenvalue weighted by atomic mass is 16.5. The zero-order chi connectivity index (χ0) is 14.7. The summed E-state index contributed by atoms with van der Waals surface area (Å²) in [6.45, 7) is 2.34. The van der Waals surface area contributed by atoms with E-state index in [1.54, 1.807) is 7.11 Å². The second-order valence-corrected chi connectivity index (χ2v) is 6.03. The molecule has 1 atom stereocenters. The smallest absolute Gasteiger partial charge is 0.292 e. The molecule has 1 aromatic rings. The highest BCUT2D eigenvalue weighted by molar-refractivity contribution is 5.90. The fourth-order valence-electron chi connectivity index (χ4n) is 2.72. The molecule has 3 rings (SSSR count). The number of carbonyl (C=O) groups excluding carboxylic acids is 1. The maximum absolute atomic E-state index is 12.1. The van der Waals surface area contributed by atoms with Crippen LogP contribution in [0.25, 0.3) is 0 Å². The number of amides is 1. The van der Waals surface area contributed by atoms with Crippen LogP contribution >= 0.6 is 0 Å². The lowest BCUT2D eigenvalue weighted by Gasteiger charge is -2.14. The minimum absolute atomic E-state index is 0.0931. The van der Waals surface area contributed by atoms with Crippen LogP contribution in [-0.2, 0) is 4.74 Å². The molecule has 116 valence electrons. The van der Waals surface area contributed by atoms with Crippen LogP contribution in [-0.4, -0.2) is 42.9 Å². The number of ether oxygens (including phenoxy) is 1. The topological polar surface area (TPSA) is 89.3 Å². The number of nitrogens with zero attached hydrogens (tertiary/aromatic N) is 2. The molecule has 1 aliphatic heterocycles. The SMILES string of the molecule is COCCC1(CNC(=O)c2noc(C3CCCN3)n2)CC1. The molecule has 1 saturated heterocycles. The Kier molecular flexibility index (Phi) is 4.21. The number of rotatable bonds is 7. The molecule has 1 aliphatic carbocycles. The van der Waals surface area contributed by atoms with Crippen molar-refractivity contribution in [1.82, 2.24) is 20.8 Å². The molecule has 7 nitrogen and oxygen atoms in total. The second kappa shape index (κ2) is 6.11. The number of methoxy groups -OCH3 is 1. The summed E-state index contributed by atoms with van der Waals surface area (Å²) in [5, 5.41) is 9.97. The Labute approximate surface area is 123 Å². The summed E-state index contributed by atoms with van der Waals surface area (Å²) in [5.41, 5.74) is 0.214. The van der Waals surface area contributed by atoms with Gasteiger partial charge in [0.05, 0.1) is 6.04 Å². The zero-order valence-corrected chi connectivity index (χ0v) is 12.4. The summed E-state index contributed by atoms with van der Waals surface area (Å²) in [5.74, 6) is 0.381. The van der Waals surface area contributed by atoms with Crippen molar-refractivity contribution in [1.29, 1.82) is 0 Å². The van der Waals surface area contributed by atoms with Gasteiger partial charge in [-0.05, 0) is 44.1 Å². The van der Waals surface area contributed by atoms with Crippen LogP contribution in [0.5, 0.6) is 0 Å². The Hall–Kier alpha value is -1.47. The van der Waals surface area contributed by atoms with Crippen molar-refractivity contribution in [3.8, 4) is 0 Å². The number of hydrogen-bond donors (Lipinski definition) is 2. The van der Waals surface area contributed by atoms with E-state index in [-0.39, 0.29) is 23.2 Å². The molecule has 1 unspecified atom stereocenters. The molecule has 2 fully saturated rings. The fourth-order valence-corrected chi connectivity index (χ4v) is 2.72. The maximum atomic E-state index is 12.1. The molecule has 1 aromatic heterocycles. The Balaban J connectivity index is 1.51. The van der Waals surface area contributed by atoms with E-state index < -0.39 is 0 Å². The van der Waals surface area contributed by atoms with Crippen LogP contribution in [0.3, 0.4) is 0 Å². The third-order valence-electron chi connectivity index (χ3n) is 4.42. The van der Waals surface area contributed by atoms with Crippen molar-refractivity contribution in [3.05, 3.63) is 11.7 Å². The van der Waals surface area contributed by atoms with E-state index in [1.807, 2.05) is 0 Å². The van der Waals surface area contributed by atoms with Crippen LogP contribution in [0, 0.1) is 5.41 Å². The van der Waals surface area contributed by atoms with Crippen molar-refractivity contribution in [2.24, 2.45) is 5.41 Å². The predicted molar refractivity (Wildman–Crippen MR) is 74.8 cm³/mol. The third kappa shape index (κ3) is 3.41. The van der Waals surface area contributed by atoms with Gasteiger partial charge in [0.25, 0.3) is 11.7 Å². The minimum atomic E-state index is -0.258. The van der Waals surface area contributed by atoms with Crippen molar-refractivity contribution in [2.75, 3.05) is 26.8 Å². The lowest BCUT2D eigenvalue weighted by molar-refractivity contribution is 0.0924. The van der Waals surface area contributed by atoms with Gasteiger partial charge < -0.3 is 19.9 Å². The van der Waals surface area contributed by atoms with Crippen LogP contribution in [0.15, 0.2) is 4.52 Å². The summed E-state index contributed by atoms with van der Waals surface area (Å²) in [7, 11) is 1.70. The van der Waals surface area contributed by atoms with Gasteiger partial charge in [-0.25, -0.2) is 0 Å². The van der Waals surface area contributed by atoms with E-state index >= 15 is 0 Å². The van der Waals surface area contributed by atoms with Crippen LogP contribution in [0.1, 0.15) is 54.7 Å². The van der Waals surface area contributed by atoms with E-state index in [0.717, 1.165) is 45.3 Å². The van der Waals surface area contributed by atoms with E-state index in [9.17, 15) is 4.79 Å². The summed E-state index contributed by atoms with van der Waals surface area (Å²) in [6.07, 6.45) is 5.33. The molecule has 1 amide bonds. The van der Waals surface area contributed by atoms with Gasteiger partial charge >= 0.3 is 0 Å². The van der Waals surface area contributed by atoms with E-state index in [0.29, 0.717) is 12.4 Å². The van der Waals surface area contributed by atoms with Gasteiger partial charge in [0.2, 0.25) is 5.89 Å². The van der Waals surface area contributed by atoms with E-state index in [4.69, 9.17) is 9.26 Å². The molecule has 2 aliphatic rings. The van der Waals surface area contributed by atoms with E-state index in [1.165, 1.54) is 0 Å². The minimum Gasteiger partial charge on any atom is -0.385 e. The first-order chi connectivity index (χ1) is 10.2. The van der Waals surface area contributed by atoms with Crippen molar-refractivity contribution < 1.29 is 14.1 Å². The molecule has 0 spiro atoms. The molecule has 21 heavy (non-hydrogen) atoms. The molecule has 2 N–H and O–H groups in total. The zero-order valence-electron chi connectivity index (χ0n) is 12.4. The van der Waals surface area contributed by atoms with Gasteiger partial charge in [-0.2, -0.15) is 4.98 Å². The van der Waals surface area contributed by atoms with Gasteiger partial charge in [-0.3, -0.25) is 4.79 Å². The molecule has 7 heteroatoms. The van der Waals surface area contributed by atoms with Crippen molar-refractivity contribution in [2.45, 2.75) is 38.1 Å². The summed E-state index contributed by atoms with van der Waals surface area (Å²) in [4.78, 5) is 16.3. The average molecular weight is 294 g/mol. The van der Waals surface area contributed by atoms with Gasteiger partial charge in [0.1, 0.15) is 0 Å². The fraction of sp³-hybridized carbons (Fsp3) is 0.786. The lowest BCUT2D eigenvalue weighted by atomic mass is 10.0. The van der Waals surface area contributed by atoms with Crippen LogP contribution in [0.4, 0.5) is 0 Å². The molecular formula is C14H22N4O3. The first-order valence-electron chi connectivity index (χ1n) is 7.57. The van der Waals surface area contributed by atoms with Crippen molar-refractivity contribution >= 4 is 5.91 Å². The molecule has 0 aromatic carbocycles. The Morgan fingerprint density at radius 1 is 1.57 bits per heavy atom. The first-order valence-corrected chi connectivity index (χ1v) is 7.57. The predicted octanol–water partition coefficient (Wildman–Crippen LogP) is 1.04. The molecule has 1 saturated carbocycles. The number of carbonyl (C=O) groups is 1. The standard InChI is InChI=1S/C14H22N4O3/c1-20-8-6-14(4-5-14)9-16-12(19)11-17-13(21-18-11)10-3-2-7-15-10/h10,15H,2-9H2,1H3,(H,16,19). The monoisotopic (exact) mass is 294 g/mol. The summed E-state index contributed by atoms with van der Waals surface area (Å²) < 4.78 is 10.3. The molecular weight excluding hydrogens is 272 g/mol. The maximum Gasteiger partial charge on any atom is 0.292 e. The molecule has 2 heterocycles. The largest absolute Gasteiger partial charge is 0.385 e. The van der Waals surface area contributed by atoms with E-state index in [2.05, 4.69) is 20.8 Å². The Morgan fingerprint density at radius 2 is 2.43 bits per heavy atom. The summed E-state index contributed by atoms with van der Waals surface area (Å²) in [6, 6.07) is 0.0931. The first kappa shape index (κ1) is 14.5. The Bertz CT molecular complexity index is 492. The van der Waals surface area contributed by atoms with Gasteiger partial charge in [-0.1, -0.05) is 5.16 Å². The van der Waals surface area contributed by atoms with Gasteiger partial charge in [0.15, 0.2) is 0 Å². The van der Waals surface area contributed by atoms with Crippen LogP contribution in [0.2, 0.25) is 0 Å². The average Bonchev–Trinajstić information content (AvgIpc) is 2.94. The number of hydrogen-bond acceptors (Lipinski definition) is 6. The van der Waals surface area contributed by atoms with Gasteiger partial charge in [0, 0.05) is 20.3 Å².